The van der Waals surface area contributed by atoms with E-state index >= 15 is 0 Å². The number of aromatic carboxylic acids is 1. The molecule has 0 aliphatic rings. The fraction of sp³-hybridized carbons (Fsp3) is 0. The van der Waals surface area contributed by atoms with Crippen molar-refractivity contribution in [1.29, 1.82) is 5.26 Å². The highest BCUT2D eigenvalue weighted by molar-refractivity contribution is 5.91. The molecule has 0 spiro atoms. The van der Waals surface area contributed by atoms with Gasteiger partial charge in [-0.1, -0.05) is 0 Å². The Morgan fingerprint density at radius 2 is 1.53 bits per heavy atom. The van der Waals surface area contributed by atoms with Gasteiger partial charge in [-0.05, 0) is 0 Å². The van der Waals surface area contributed by atoms with Crippen molar-refractivity contribution in [1.82, 2.24) is 0 Å². The fourth-order valence-corrected chi connectivity index (χ4v) is 0.937. The van der Waals surface area contributed by atoms with E-state index in [1.54, 1.807) is 0 Å². The van der Waals surface area contributed by atoms with Crippen molar-refractivity contribution in [3.63, 3.8) is 0 Å². The van der Waals surface area contributed by atoms with E-state index in [-0.39, 0.29) is 0 Å². The van der Waals surface area contributed by atoms with Crippen LogP contribution in [0.2, 0.25) is 0 Å². The van der Waals surface area contributed by atoms with Crippen LogP contribution in [0.4, 0.5) is 17.6 Å². The first-order chi connectivity index (χ1) is 6.91. The van der Waals surface area contributed by atoms with E-state index in [0.717, 1.165) is 6.07 Å². The topological polar surface area (TPSA) is 61.1 Å². The Hall–Kier alpha value is -2.10. The lowest BCUT2D eigenvalue weighted by Crippen LogP contribution is -2.11. The quantitative estimate of drug-likeness (QED) is 0.445. The summed E-state index contributed by atoms with van der Waals surface area (Å²) in [6, 6.07) is 0.952. The molecule has 1 aromatic carbocycles. The summed E-state index contributed by atoms with van der Waals surface area (Å²) in [5, 5.41) is 16.6. The molecule has 0 heterocycles. The normalized spacial score (nSPS) is 9.80. The van der Waals surface area contributed by atoms with Crippen LogP contribution in [0.15, 0.2) is 0 Å². The van der Waals surface area contributed by atoms with E-state index < -0.39 is 40.4 Å². The van der Waals surface area contributed by atoms with Gasteiger partial charge in [0.1, 0.15) is 17.2 Å². The molecule has 15 heavy (non-hydrogen) atoms. The number of rotatable bonds is 1. The molecule has 3 nitrogen and oxygen atoms in total. The van der Waals surface area contributed by atoms with E-state index in [4.69, 9.17) is 10.4 Å². The number of hydrogen-bond donors (Lipinski definition) is 1. The van der Waals surface area contributed by atoms with E-state index in [0.29, 0.717) is 0 Å². The first kappa shape index (κ1) is 11.0. The summed E-state index contributed by atoms with van der Waals surface area (Å²) in [6.07, 6.45) is 0. The highest BCUT2D eigenvalue weighted by Crippen LogP contribution is 2.23. The van der Waals surface area contributed by atoms with Gasteiger partial charge in [-0.3, -0.25) is 0 Å². The van der Waals surface area contributed by atoms with Crippen molar-refractivity contribution in [2.75, 3.05) is 0 Å². The minimum absolute atomic E-state index is 0.952. The third-order valence-electron chi connectivity index (χ3n) is 1.59. The Bertz CT molecular complexity index is 493. The zero-order valence-corrected chi connectivity index (χ0v) is 6.81. The summed E-state index contributed by atoms with van der Waals surface area (Å²) in [5.41, 5.74) is -2.90. The molecule has 0 aliphatic heterocycles. The number of carbonyl (C=O) groups is 1. The fourth-order valence-electron chi connectivity index (χ4n) is 0.937. The molecule has 0 unspecified atom stereocenters. The minimum atomic E-state index is -2.26. The van der Waals surface area contributed by atoms with Crippen LogP contribution < -0.4 is 0 Å². The van der Waals surface area contributed by atoms with Crippen LogP contribution in [0.3, 0.4) is 0 Å². The van der Waals surface area contributed by atoms with Gasteiger partial charge in [0.05, 0.1) is 0 Å². The second-order valence-corrected chi connectivity index (χ2v) is 2.42. The lowest BCUT2D eigenvalue weighted by Gasteiger charge is -2.04. The van der Waals surface area contributed by atoms with E-state index in [1.165, 1.54) is 0 Å². The molecule has 7 heteroatoms. The molecule has 0 amide bonds. The Balaban J connectivity index is 3.80. The standard InChI is InChI=1S/C8HF4NO2/c9-4-2(1-13)3(8(14)15)5(10)7(12)6(4)11/h(H,14,15). The maximum Gasteiger partial charge on any atom is 0.340 e. The maximum atomic E-state index is 12.8. The number of nitriles is 1. The Labute approximate surface area is 80.2 Å². The number of benzene rings is 1. The Kier molecular flexibility index (Phi) is 2.61. The average Bonchev–Trinajstić information content (AvgIpc) is 2.19. The molecule has 0 aromatic heterocycles. The zero-order valence-electron chi connectivity index (χ0n) is 6.81. The molecular formula is C8HF4NO2. The van der Waals surface area contributed by atoms with Crippen LogP contribution in [0, 0.1) is 34.6 Å². The molecule has 1 rings (SSSR count). The smallest absolute Gasteiger partial charge is 0.340 e. The molecule has 0 fully saturated rings. The molecule has 0 radical (unpaired) electrons. The maximum absolute atomic E-state index is 12.8. The van der Waals surface area contributed by atoms with Crippen molar-refractivity contribution in [3.05, 3.63) is 34.4 Å². The van der Waals surface area contributed by atoms with E-state index in [1.807, 2.05) is 0 Å². The van der Waals surface area contributed by atoms with Gasteiger partial charge in [-0.2, -0.15) is 5.26 Å². The van der Waals surface area contributed by atoms with E-state index in [9.17, 15) is 22.4 Å². The minimum Gasteiger partial charge on any atom is -0.478 e. The molecule has 0 saturated carbocycles. The van der Waals surface area contributed by atoms with E-state index in [2.05, 4.69) is 0 Å². The summed E-state index contributed by atoms with van der Waals surface area (Å²) in [5.74, 6) is -10.6. The van der Waals surface area contributed by atoms with Crippen molar-refractivity contribution >= 4 is 5.97 Å². The first-order valence-corrected chi connectivity index (χ1v) is 3.41. The second-order valence-electron chi connectivity index (χ2n) is 2.42. The number of nitrogens with zero attached hydrogens (tertiary/aromatic N) is 1. The third-order valence-corrected chi connectivity index (χ3v) is 1.59. The molecule has 1 aromatic rings. The van der Waals surface area contributed by atoms with Crippen LogP contribution in [-0.2, 0) is 0 Å². The van der Waals surface area contributed by atoms with Crippen molar-refractivity contribution in [3.8, 4) is 6.07 Å². The molecule has 78 valence electrons. The number of carboxylic acid groups (broad SMARTS) is 1. The predicted molar refractivity (Wildman–Crippen MR) is 37.9 cm³/mol. The van der Waals surface area contributed by atoms with Crippen LogP contribution >= 0.6 is 0 Å². The van der Waals surface area contributed by atoms with Gasteiger partial charge in [0, 0.05) is 0 Å². The van der Waals surface area contributed by atoms with Crippen molar-refractivity contribution < 1.29 is 27.5 Å². The molecular weight excluding hydrogens is 218 g/mol. The SMILES string of the molecule is N#Cc1c(F)c(F)c(F)c(F)c1C(=O)O. The van der Waals surface area contributed by atoms with Gasteiger partial charge in [0.25, 0.3) is 0 Å². The van der Waals surface area contributed by atoms with Gasteiger partial charge in [-0.25, -0.2) is 22.4 Å². The zero-order chi connectivity index (χ0) is 11.7. The van der Waals surface area contributed by atoms with Gasteiger partial charge >= 0.3 is 5.97 Å². The lowest BCUT2D eigenvalue weighted by atomic mass is 10.1. The van der Waals surface area contributed by atoms with Gasteiger partial charge in [0.15, 0.2) is 23.3 Å². The summed E-state index contributed by atoms with van der Waals surface area (Å²) < 4.78 is 50.7. The van der Waals surface area contributed by atoms with Gasteiger partial charge in [0.2, 0.25) is 0 Å². The predicted octanol–water partition coefficient (Wildman–Crippen LogP) is 1.81. The molecule has 0 aliphatic carbocycles. The molecule has 1 N–H and O–H groups in total. The summed E-state index contributed by atoms with van der Waals surface area (Å²) >= 11 is 0. The van der Waals surface area contributed by atoms with Crippen LogP contribution in [0.1, 0.15) is 15.9 Å². The van der Waals surface area contributed by atoms with Crippen molar-refractivity contribution in [2.24, 2.45) is 0 Å². The van der Waals surface area contributed by atoms with Crippen LogP contribution in [0.25, 0.3) is 0 Å². The third kappa shape index (κ3) is 1.50. The van der Waals surface area contributed by atoms with Gasteiger partial charge in [-0.15, -0.1) is 0 Å². The summed E-state index contributed by atoms with van der Waals surface area (Å²) in [4.78, 5) is 10.4. The number of hydrogen-bond acceptors (Lipinski definition) is 2. The molecule has 0 bridgehead atoms. The molecule has 0 saturated heterocycles. The van der Waals surface area contributed by atoms with Crippen LogP contribution in [-0.4, -0.2) is 11.1 Å². The van der Waals surface area contributed by atoms with Gasteiger partial charge < -0.3 is 5.11 Å². The van der Waals surface area contributed by atoms with Crippen LogP contribution in [0.5, 0.6) is 0 Å². The highest BCUT2D eigenvalue weighted by atomic mass is 19.2. The highest BCUT2D eigenvalue weighted by Gasteiger charge is 2.28. The number of carboxylic acids is 1. The summed E-state index contributed by atoms with van der Waals surface area (Å²) in [6.45, 7) is 0. The second kappa shape index (κ2) is 3.57. The Morgan fingerprint density at radius 1 is 1.07 bits per heavy atom. The monoisotopic (exact) mass is 219 g/mol. The summed E-state index contributed by atoms with van der Waals surface area (Å²) in [7, 11) is 0. The first-order valence-electron chi connectivity index (χ1n) is 3.41. The molecule has 0 atom stereocenters. The largest absolute Gasteiger partial charge is 0.478 e. The number of halogens is 4. The lowest BCUT2D eigenvalue weighted by molar-refractivity contribution is 0.0689. The average molecular weight is 219 g/mol. The van der Waals surface area contributed by atoms with Crippen molar-refractivity contribution in [2.45, 2.75) is 0 Å². The Morgan fingerprint density at radius 3 is 1.93 bits per heavy atom.